The van der Waals surface area contributed by atoms with Crippen LogP contribution in [0.3, 0.4) is 0 Å². The van der Waals surface area contributed by atoms with E-state index < -0.39 is 0 Å². The topological polar surface area (TPSA) is 38.8 Å². The molecule has 0 spiro atoms. The molecule has 1 saturated heterocycles. The summed E-state index contributed by atoms with van der Waals surface area (Å²) in [6, 6.07) is 15.8. The van der Waals surface area contributed by atoms with Gasteiger partial charge in [0.1, 0.15) is 12.4 Å². The highest BCUT2D eigenvalue weighted by Crippen LogP contribution is 2.21. The minimum Gasteiger partial charge on any atom is -0.497 e. The molecule has 1 aliphatic heterocycles. The first-order valence-electron chi connectivity index (χ1n) is 9.29. The van der Waals surface area contributed by atoms with E-state index in [-0.39, 0.29) is 5.97 Å². The molecule has 0 amide bonds. The minimum atomic E-state index is -0.311. The Morgan fingerprint density at radius 1 is 1.08 bits per heavy atom. The molecule has 0 aliphatic carbocycles. The number of hydrogen-bond donors (Lipinski definition) is 0. The zero-order valence-electron chi connectivity index (χ0n) is 15.6. The summed E-state index contributed by atoms with van der Waals surface area (Å²) in [6.07, 6.45) is 3.84. The summed E-state index contributed by atoms with van der Waals surface area (Å²) in [7, 11) is 1.60. The van der Waals surface area contributed by atoms with Crippen LogP contribution < -0.4 is 4.74 Å². The summed E-state index contributed by atoms with van der Waals surface area (Å²) in [5.74, 6) is 0.413. The second-order valence-electron chi connectivity index (χ2n) is 6.89. The van der Waals surface area contributed by atoms with Crippen LogP contribution in [-0.2, 0) is 17.9 Å². The first-order chi connectivity index (χ1) is 12.7. The molecule has 0 saturated carbocycles. The van der Waals surface area contributed by atoms with Crippen molar-refractivity contribution in [2.45, 2.75) is 45.4 Å². The van der Waals surface area contributed by atoms with E-state index in [0.717, 1.165) is 24.4 Å². The number of likely N-dealkylation sites (tertiary alicyclic amines) is 1. The molecule has 2 aromatic carbocycles. The predicted octanol–water partition coefficient (Wildman–Crippen LogP) is 4.43. The first-order valence-corrected chi connectivity index (χ1v) is 9.29. The maximum Gasteiger partial charge on any atom is 0.338 e. The van der Waals surface area contributed by atoms with E-state index in [2.05, 4.69) is 24.0 Å². The highest BCUT2D eigenvalue weighted by molar-refractivity contribution is 5.89. The van der Waals surface area contributed by atoms with Crippen LogP contribution in [0.4, 0.5) is 0 Å². The Morgan fingerprint density at radius 3 is 2.50 bits per heavy atom. The molecule has 0 N–H and O–H groups in total. The van der Waals surface area contributed by atoms with Gasteiger partial charge in [-0.05, 0) is 61.7 Å². The normalized spacial score (nSPS) is 17.7. The van der Waals surface area contributed by atoms with Gasteiger partial charge in [-0.2, -0.15) is 0 Å². The van der Waals surface area contributed by atoms with E-state index >= 15 is 0 Å². The number of hydrogen-bond acceptors (Lipinski definition) is 4. The Kier molecular flexibility index (Phi) is 6.29. The lowest BCUT2D eigenvalue weighted by Gasteiger charge is -2.33. The second-order valence-corrected chi connectivity index (χ2v) is 6.89. The Morgan fingerprint density at radius 2 is 1.81 bits per heavy atom. The standard InChI is InChI=1S/C22H27NO3/c1-17-7-5-6-14-23(17)15-19-8-3-4-9-20(19)16-26-22(24)18-10-12-21(25-2)13-11-18/h3-4,8-13,17H,5-7,14-16H2,1-2H3/t17-/m0/s1. The molecular weight excluding hydrogens is 326 g/mol. The molecule has 4 nitrogen and oxygen atoms in total. The summed E-state index contributed by atoms with van der Waals surface area (Å²) < 4.78 is 10.7. The summed E-state index contributed by atoms with van der Waals surface area (Å²) >= 11 is 0. The van der Waals surface area contributed by atoms with Crippen LogP contribution in [-0.4, -0.2) is 30.6 Å². The number of nitrogens with zero attached hydrogens (tertiary/aromatic N) is 1. The monoisotopic (exact) mass is 353 g/mol. The summed E-state index contributed by atoms with van der Waals surface area (Å²) in [4.78, 5) is 14.8. The van der Waals surface area contributed by atoms with Crippen LogP contribution in [0.25, 0.3) is 0 Å². The summed E-state index contributed by atoms with van der Waals surface area (Å²) in [6.45, 7) is 4.65. The van der Waals surface area contributed by atoms with Crippen LogP contribution in [0.15, 0.2) is 48.5 Å². The van der Waals surface area contributed by atoms with Gasteiger partial charge >= 0.3 is 5.97 Å². The van der Waals surface area contributed by atoms with E-state index in [9.17, 15) is 4.79 Å². The van der Waals surface area contributed by atoms with E-state index in [1.165, 1.54) is 24.8 Å². The molecule has 1 aliphatic rings. The van der Waals surface area contributed by atoms with Crippen molar-refractivity contribution < 1.29 is 14.3 Å². The van der Waals surface area contributed by atoms with Crippen LogP contribution in [0.2, 0.25) is 0 Å². The Labute approximate surface area is 155 Å². The maximum absolute atomic E-state index is 12.3. The van der Waals surface area contributed by atoms with Crippen LogP contribution >= 0.6 is 0 Å². The van der Waals surface area contributed by atoms with Crippen molar-refractivity contribution in [1.29, 1.82) is 0 Å². The fourth-order valence-electron chi connectivity index (χ4n) is 3.42. The number of methoxy groups -OCH3 is 1. The molecule has 0 unspecified atom stereocenters. The molecule has 0 bridgehead atoms. The number of benzene rings is 2. The number of ether oxygens (including phenoxy) is 2. The molecule has 4 heteroatoms. The van der Waals surface area contributed by atoms with Gasteiger partial charge in [0.05, 0.1) is 12.7 Å². The van der Waals surface area contributed by atoms with Crippen molar-refractivity contribution in [1.82, 2.24) is 4.90 Å². The van der Waals surface area contributed by atoms with Gasteiger partial charge in [0.15, 0.2) is 0 Å². The van der Waals surface area contributed by atoms with Crippen molar-refractivity contribution in [2.75, 3.05) is 13.7 Å². The Bertz CT molecular complexity index is 726. The largest absolute Gasteiger partial charge is 0.497 e. The van der Waals surface area contributed by atoms with Crippen molar-refractivity contribution in [3.8, 4) is 5.75 Å². The molecule has 1 heterocycles. The lowest BCUT2D eigenvalue weighted by atomic mass is 10.0. The lowest BCUT2D eigenvalue weighted by Crippen LogP contribution is -2.37. The van der Waals surface area contributed by atoms with Gasteiger partial charge in [-0.1, -0.05) is 30.7 Å². The zero-order valence-corrected chi connectivity index (χ0v) is 15.6. The van der Waals surface area contributed by atoms with Crippen molar-refractivity contribution in [2.24, 2.45) is 0 Å². The molecule has 138 valence electrons. The number of esters is 1. The minimum absolute atomic E-state index is 0.295. The Balaban J connectivity index is 1.63. The molecule has 26 heavy (non-hydrogen) atoms. The highest BCUT2D eigenvalue weighted by Gasteiger charge is 2.19. The average Bonchev–Trinajstić information content (AvgIpc) is 2.69. The number of rotatable bonds is 6. The van der Waals surface area contributed by atoms with Crippen LogP contribution in [0.1, 0.15) is 47.7 Å². The lowest BCUT2D eigenvalue weighted by molar-refractivity contribution is 0.0470. The number of carbonyl (C=O) groups excluding carboxylic acids is 1. The zero-order chi connectivity index (χ0) is 18.4. The average molecular weight is 353 g/mol. The third-order valence-corrected chi connectivity index (χ3v) is 5.12. The van der Waals surface area contributed by atoms with Crippen LogP contribution in [0.5, 0.6) is 5.75 Å². The summed E-state index contributed by atoms with van der Waals surface area (Å²) in [5, 5.41) is 0. The third-order valence-electron chi connectivity index (χ3n) is 5.12. The van der Waals surface area contributed by atoms with E-state index in [1.54, 1.807) is 31.4 Å². The van der Waals surface area contributed by atoms with Gasteiger partial charge in [0, 0.05) is 12.6 Å². The van der Waals surface area contributed by atoms with Gasteiger partial charge < -0.3 is 9.47 Å². The maximum atomic E-state index is 12.3. The summed E-state index contributed by atoms with van der Waals surface area (Å²) in [5.41, 5.74) is 2.85. The van der Waals surface area contributed by atoms with E-state index in [4.69, 9.17) is 9.47 Å². The molecular formula is C22H27NO3. The van der Waals surface area contributed by atoms with Crippen molar-refractivity contribution >= 4 is 5.97 Å². The van der Waals surface area contributed by atoms with Gasteiger partial charge in [-0.15, -0.1) is 0 Å². The Hall–Kier alpha value is -2.33. The molecule has 0 radical (unpaired) electrons. The van der Waals surface area contributed by atoms with Gasteiger partial charge in [-0.3, -0.25) is 4.90 Å². The molecule has 0 aromatic heterocycles. The van der Waals surface area contributed by atoms with Gasteiger partial charge in [0.25, 0.3) is 0 Å². The van der Waals surface area contributed by atoms with Crippen molar-refractivity contribution in [3.05, 3.63) is 65.2 Å². The smallest absolute Gasteiger partial charge is 0.338 e. The number of carbonyl (C=O) groups is 1. The quantitative estimate of drug-likeness (QED) is 0.720. The molecule has 1 atom stereocenters. The van der Waals surface area contributed by atoms with Gasteiger partial charge in [0.2, 0.25) is 0 Å². The molecule has 2 aromatic rings. The number of piperidine rings is 1. The van der Waals surface area contributed by atoms with Crippen molar-refractivity contribution in [3.63, 3.8) is 0 Å². The second kappa shape index (κ2) is 8.86. The first kappa shape index (κ1) is 18.5. The predicted molar refractivity (Wildman–Crippen MR) is 102 cm³/mol. The third kappa shape index (κ3) is 4.64. The van der Waals surface area contributed by atoms with E-state index in [0.29, 0.717) is 18.2 Å². The SMILES string of the molecule is COc1ccc(C(=O)OCc2ccccc2CN2CCCC[C@@H]2C)cc1. The fourth-order valence-corrected chi connectivity index (χ4v) is 3.42. The molecule has 1 fully saturated rings. The van der Waals surface area contributed by atoms with Crippen LogP contribution in [0, 0.1) is 0 Å². The molecule has 3 rings (SSSR count). The fraction of sp³-hybridized carbons (Fsp3) is 0.409. The highest BCUT2D eigenvalue weighted by atomic mass is 16.5. The van der Waals surface area contributed by atoms with Gasteiger partial charge in [-0.25, -0.2) is 4.79 Å². The van der Waals surface area contributed by atoms with E-state index in [1.807, 2.05) is 12.1 Å².